The van der Waals surface area contributed by atoms with Crippen molar-refractivity contribution in [2.75, 3.05) is 6.61 Å². The maximum atomic E-state index is 12.4. The van der Waals surface area contributed by atoms with Crippen LogP contribution in [0.25, 0.3) is 0 Å². The van der Waals surface area contributed by atoms with Gasteiger partial charge in [0, 0.05) is 0 Å². The van der Waals surface area contributed by atoms with Crippen LogP contribution >= 0.6 is 0 Å². The van der Waals surface area contributed by atoms with Gasteiger partial charge in [-0.2, -0.15) is 0 Å². The molecule has 2 atom stereocenters. The summed E-state index contributed by atoms with van der Waals surface area (Å²) in [5.41, 5.74) is 1.42. The third-order valence-electron chi connectivity index (χ3n) is 3.51. The first kappa shape index (κ1) is 18.7. The summed E-state index contributed by atoms with van der Waals surface area (Å²) in [6.07, 6.45) is 0.579. The molecule has 0 aliphatic heterocycles. The summed E-state index contributed by atoms with van der Waals surface area (Å²) in [7, 11) is 0. The van der Waals surface area contributed by atoms with Crippen LogP contribution in [0, 0.1) is 5.92 Å². The molecule has 0 radical (unpaired) electrons. The van der Waals surface area contributed by atoms with E-state index < -0.39 is 11.9 Å². The first-order valence-corrected chi connectivity index (χ1v) is 7.69. The maximum absolute atomic E-state index is 12.4. The Morgan fingerprint density at radius 3 is 2.52 bits per heavy atom. The number of benzene rings is 1. The van der Waals surface area contributed by atoms with Gasteiger partial charge in [-0.25, -0.2) is 0 Å². The average molecular weight is 320 g/mol. The average Bonchev–Trinajstić information content (AvgIpc) is 2.55. The van der Waals surface area contributed by atoms with Gasteiger partial charge in [0.1, 0.15) is 5.92 Å². The molecule has 1 unspecified atom stereocenters. The molecule has 126 valence electrons. The summed E-state index contributed by atoms with van der Waals surface area (Å²) in [6.45, 7) is 5.40. The van der Waals surface area contributed by atoms with E-state index in [0.29, 0.717) is 12.1 Å². The number of carbonyl (C=O) groups excluding carboxylic acids is 2. The number of esters is 1. The molecule has 6 nitrogen and oxygen atoms in total. The van der Waals surface area contributed by atoms with Crippen LogP contribution in [-0.4, -0.2) is 29.4 Å². The second kappa shape index (κ2) is 9.61. The van der Waals surface area contributed by atoms with E-state index in [2.05, 4.69) is 10.5 Å². The zero-order chi connectivity index (χ0) is 17.2. The number of hydrogen-bond acceptors (Lipinski definition) is 5. The first-order chi connectivity index (χ1) is 11.0. The highest BCUT2D eigenvalue weighted by Crippen LogP contribution is 2.15. The SMILES string of the molecule is CCOC(=O)C(CC/C(C)=N/O)C(=O)N[C@@H](C)c1ccccc1. The lowest BCUT2D eigenvalue weighted by Gasteiger charge is -2.19. The Labute approximate surface area is 136 Å². The van der Waals surface area contributed by atoms with Gasteiger partial charge in [0.25, 0.3) is 0 Å². The van der Waals surface area contributed by atoms with Crippen LogP contribution in [0.1, 0.15) is 45.2 Å². The molecule has 1 aromatic carbocycles. The van der Waals surface area contributed by atoms with Crippen molar-refractivity contribution in [2.45, 2.75) is 39.7 Å². The summed E-state index contributed by atoms with van der Waals surface area (Å²) in [5, 5.41) is 14.6. The topological polar surface area (TPSA) is 88.0 Å². The molecular formula is C17H24N2O4. The van der Waals surface area contributed by atoms with Crippen molar-refractivity contribution in [3.63, 3.8) is 0 Å². The van der Waals surface area contributed by atoms with E-state index in [9.17, 15) is 9.59 Å². The summed E-state index contributed by atoms with van der Waals surface area (Å²) in [4.78, 5) is 24.4. The Bertz CT molecular complexity index is 543. The second-order valence-electron chi connectivity index (χ2n) is 5.32. The van der Waals surface area contributed by atoms with Gasteiger partial charge in [-0.05, 0) is 39.2 Å². The summed E-state index contributed by atoms with van der Waals surface area (Å²) in [5.74, 6) is -1.86. The largest absolute Gasteiger partial charge is 0.465 e. The second-order valence-corrected chi connectivity index (χ2v) is 5.32. The highest BCUT2D eigenvalue weighted by atomic mass is 16.5. The molecule has 1 rings (SSSR count). The van der Waals surface area contributed by atoms with Crippen molar-refractivity contribution in [2.24, 2.45) is 11.1 Å². The molecule has 23 heavy (non-hydrogen) atoms. The lowest BCUT2D eigenvalue weighted by atomic mass is 9.99. The zero-order valence-corrected chi connectivity index (χ0v) is 13.8. The molecule has 0 bridgehead atoms. The van der Waals surface area contributed by atoms with Crippen molar-refractivity contribution in [1.82, 2.24) is 5.32 Å². The van der Waals surface area contributed by atoms with E-state index in [1.165, 1.54) is 0 Å². The third kappa shape index (κ3) is 6.10. The van der Waals surface area contributed by atoms with Gasteiger partial charge in [0.05, 0.1) is 18.4 Å². The number of hydrogen-bond donors (Lipinski definition) is 2. The molecule has 1 amide bonds. The number of nitrogens with one attached hydrogen (secondary N) is 1. The molecule has 6 heteroatoms. The monoisotopic (exact) mass is 320 g/mol. The Balaban J connectivity index is 2.75. The zero-order valence-electron chi connectivity index (χ0n) is 13.8. The van der Waals surface area contributed by atoms with Gasteiger partial charge in [-0.15, -0.1) is 0 Å². The van der Waals surface area contributed by atoms with Crippen LogP contribution in [0.3, 0.4) is 0 Å². The maximum Gasteiger partial charge on any atom is 0.318 e. The summed E-state index contributed by atoms with van der Waals surface area (Å²) in [6, 6.07) is 9.29. The Morgan fingerprint density at radius 1 is 1.30 bits per heavy atom. The minimum Gasteiger partial charge on any atom is -0.465 e. The van der Waals surface area contributed by atoms with Crippen molar-refractivity contribution in [3.8, 4) is 0 Å². The highest BCUT2D eigenvalue weighted by molar-refractivity contribution is 5.98. The quantitative estimate of drug-likeness (QED) is 0.253. The van der Waals surface area contributed by atoms with Crippen LogP contribution in [0.5, 0.6) is 0 Å². The van der Waals surface area contributed by atoms with E-state index in [1.54, 1.807) is 13.8 Å². The van der Waals surface area contributed by atoms with Gasteiger partial charge in [-0.1, -0.05) is 35.5 Å². The number of carbonyl (C=O) groups is 2. The fraction of sp³-hybridized carbons (Fsp3) is 0.471. The standard InChI is InChI=1S/C17H24N2O4/c1-4-23-17(21)15(11-10-12(2)19-22)16(20)18-13(3)14-8-6-5-7-9-14/h5-9,13,15,22H,4,10-11H2,1-3H3,(H,18,20)/b19-12+/t13-,15?/m0/s1. The first-order valence-electron chi connectivity index (χ1n) is 7.69. The van der Waals surface area contributed by atoms with Crippen LogP contribution < -0.4 is 5.32 Å². The lowest BCUT2D eigenvalue weighted by molar-refractivity contribution is -0.152. The molecular weight excluding hydrogens is 296 g/mol. The minimum atomic E-state index is -0.919. The smallest absolute Gasteiger partial charge is 0.318 e. The molecule has 0 aliphatic carbocycles. The Morgan fingerprint density at radius 2 is 1.96 bits per heavy atom. The number of amides is 1. The van der Waals surface area contributed by atoms with Gasteiger partial charge in [-0.3, -0.25) is 9.59 Å². The van der Waals surface area contributed by atoms with E-state index in [0.717, 1.165) is 5.56 Å². The molecule has 1 aromatic rings. The van der Waals surface area contributed by atoms with Crippen LogP contribution in [0.15, 0.2) is 35.5 Å². The minimum absolute atomic E-state index is 0.212. The predicted molar refractivity (Wildman–Crippen MR) is 87.3 cm³/mol. The summed E-state index contributed by atoms with van der Waals surface area (Å²) < 4.78 is 4.98. The Kier molecular flexibility index (Phi) is 7.80. The van der Waals surface area contributed by atoms with Crippen molar-refractivity contribution in [3.05, 3.63) is 35.9 Å². The van der Waals surface area contributed by atoms with Crippen LogP contribution in [0.2, 0.25) is 0 Å². The fourth-order valence-corrected chi connectivity index (χ4v) is 2.14. The van der Waals surface area contributed by atoms with Crippen LogP contribution in [0.4, 0.5) is 0 Å². The van der Waals surface area contributed by atoms with Gasteiger partial charge in [0.15, 0.2) is 0 Å². The number of rotatable bonds is 8. The van der Waals surface area contributed by atoms with Gasteiger partial charge >= 0.3 is 5.97 Å². The number of oxime groups is 1. The third-order valence-corrected chi connectivity index (χ3v) is 3.51. The molecule has 0 spiro atoms. The molecule has 2 N–H and O–H groups in total. The molecule has 0 heterocycles. The van der Waals surface area contributed by atoms with E-state index in [4.69, 9.17) is 9.94 Å². The van der Waals surface area contributed by atoms with Crippen LogP contribution in [-0.2, 0) is 14.3 Å². The predicted octanol–water partition coefficient (Wildman–Crippen LogP) is 2.67. The highest BCUT2D eigenvalue weighted by Gasteiger charge is 2.29. The number of nitrogens with zero attached hydrogens (tertiary/aromatic N) is 1. The molecule has 0 aromatic heterocycles. The molecule has 0 fully saturated rings. The van der Waals surface area contributed by atoms with E-state index >= 15 is 0 Å². The van der Waals surface area contributed by atoms with E-state index in [1.807, 2.05) is 37.3 Å². The van der Waals surface area contributed by atoms with Gasteiger partial charge in [0.2, 0.25) is 5.91 Å². The van der Waals surface area contributed by atoms with Crippen molar-refractivity contribution in [1.29, 1.82) is 0 Å². The van der Waals surface area contributed by atoms with Gasteiger partial charge < -0.3 is 15.3 Å². The van der Waals surface area contributed by atoms with Crippen molar-refractivity contribution >= 4 is 17.6 Å². The fourth-order valence-electron chi connectivity index (χ4n) is 2.14. The van der Waals surface area contributed by atoms with Crippen molar-refractivity contribution < 1.29 is 19.5 Å². The van der Waals surface area contributed by atoms with E-state index in [-0.39, 0.29) is 25.0 Å². The molecule has 0 aliphatic rings. The number of ether oxygens (including phenoxy) is 1. The molecule has 0 saturated carbocycles. The lowest BCUT2D eigenvalue weighted by Crippen LogP contribution is -2.38. The summed E-state index contributed by atoms with van der Waals surface area (Å²) >= 11 is 0. The normalized spacial score (nSPS) is 14.0. The molecule has 0 saturated heterocycles. The Hall–Kier alpha value is -2.37.